The van der Waals surface area contributed by atoms with Gasteiger partial charge in [0.05, 0.1) is 28.7 Å². The molecule has 4 aromatic rings. The molecule has 0 saturated heterocycles. The van der Waals surface area contributed by atoms with Crippen molar-refractivity contribution in [2.45, 2.75) is 62.7 Å². The molecule has 0 saturated carbocycles. The first kappa shape index (κ1) is 29.6. The van der Waals surface area contributed by atoms with Crippen LogP contribution < -0.4 is 5.56 Å². The lowest BCUT2D eigenvalue weighted by Gasteiger charge is -2.25. The Labute approximate surface area is 237 Å². The fourth-order valence-electron chi connectivity index (χ4n) is 4.59. The van der Waals surface area contributed by atoms with Crippen molar-refractivity contribution in [3.05, 3.63) is 99.6 Å². The Morgan fingerprint density at radius 2 is 1.85 bits per heavy atom. The summed E-state index contributed by atoms with van der Waals surface area (Å²) in [6, 6.07) is 15.3. The zero-order valence-electron chi connectivity index (χ0n) is 23.0. The molecule has 0 aliphatic heterocycles. The molecule has 0 aliphatic carbocycles. The second-order valence-electron chi connectivity index (χ2n) is 9.68. The molecule has 4 rings (SSSR count). The number of sulfone groups is 1. The minimum atomic E-state index is -4.55. The van der Waals surface area contributed by atoms with Gasteiger partial charge in [-0.15, -0.1) is 0 Å². The molecule has 0 unspecified atom stereocenters. The van der Waals surface area contributed by atoms with Crippen LogP contribution in [-0.2, 0) is 21.2 Å². The molecule has 0 bridgehead atoms. The molecular weight excluding hydrogens is 547 g/mol. The van der Waals surface area contributed by atoms with Gasteiger partial charge in [0.2, 0.25) is 21.7 Å². The summed E-state index contributed by atoms with van der Waals surface area (Å²) >= 11 is 0. The minimum absolute atomic E-state index is 0.0416. The molecule has 41 heavy (non-hydrogen) atoms. The van der Waals surface area contributed by atoms with E-state index >= 15 is 0 Å². The van der Waals surface area contributed by atoms with E-state index in [1.807, 2.05) is 6.92 Å². The van der Waals surface area contributed by atoms with Gasteiger partial charge in [0.25, 0.3) is 5.56 Å². The highest BCUT2D eigenvalue weighted by Gasteiger charge is 2.32. The van der Waals surface area contributed by atoms with Gasteiger partial charge in [-0.25, -0.2) is 13.4 Å². The van der Waals surface area contributed by atoms with Crippen LogP contribution in [0.15, 0.2) is 75.4 Å². The third-order valence-electron chi connectivity index (χ3n) is 6.67. The predicted molar refractivity (Wildman–Crippen MR) is 149 cm³/mol. The summed E-state index contributed by atoms with van der Waals surface area (Å²) in [5, 5.41) is 20.9. The van der Waals surface area contributed by atoms with Gasteiger partial charge < -0.3 is 9.84 Å². The molecule has 11 heteroatoms. The topological polar surface area (TPSA) is 135 Å². The van der Waals surface area contributed by atoms with Gasteiger partial charge in [-0.3, -0.25) is 9.36 Å². The number of hydrogen-bond donors (Lipinski definition) is 1. The van der Waals surface area contributed by atoms with Crippen molar-refractivity contribution in [2.75, 3.05) is 0 Å². The van der Waals surface area contributed by atoms with E-state index in [-0.39, 0.29) is 23.4 Å². The maximum absolute atomic E-state index is 14.0. The first-order chi connectivity index (χ1) is 19.5. The Bertz CT molecular complexity index is 1800. The van der Waals surface area contributed by atoms with Crippen molar-refractivity contribution in [1.29, 1.82) is 5.26 Å². The van der Waals surface area contributed by atoms with Crippen molar-refractivity contribution >= 4 is 9.84 Å². The van der Waals surface area contributed by atoms with Crippen LogP contribution in [0, 0.1) is 24.2 Å². The largest absolute Gasteiger partial charge is 0.493 e. The number of aromatic nitrogens is 3. The smallest absolute Gasteiger partial charge is 0.296 e. The molecule has 1 N–H and O–H groups in total. The van der Waals surface area contributed by atoms with E-state index in [1.54, 1.807) is 51.1 Å². The molecule has 2 aromatic heterocycles. The quantitative estimate of drug-likeness (QED) is 0.272. The highest BCUT2D eigenvalue weighted by atomic mass is 32.2. The van der Waals surface area contributed by atoms with E-state index in [1.165, 1.54) is 35.0 Å². The van der Waals surface area contributed by atoms with Crippen LogP contribution in [0.3, 0.4) is 0 Å². The van der Waals surface area contributed by atoms with Crippen molar-refractivity contribution in [2.24, 2.45) is 0 Å². The fourth-order valence-corrected chi connectivity index (χ4v) is 5.94. The van der Waals surface area contributed by atoms with Crippen molar-refractivity contribution < 1.29 is 22.7 Å². The van der Waals surface area contributed by atoms with Crippen LogP contribution in [0.4, 0.5) is 4.39 Å². The van der Waals surface area contributed by atoms with Crippen LogP contribution in [0.5, 0.6) is 5.88 Å². The number of nitriles is 1. The zero-order chi connectivity index (χ0) is 29.9. The van der Waals surface area contributed by atoms with Crippen LogP contribution >= 0.6 is 0 Å². The second kappa shape index (κ2) is 12.0. The average molecular weight is 577 g/mol. The Hall–Kier alpha value is -4.40. The summed E-state index contributed by atoms with van der Waals surface area (Å²) in [6.07, 6.45) is 1.46. The Balaban J connectivity index is 1.88. The van der Waals surface area contributed by atoms with E-state index in [9.17, 15) is 28.0 Å². The maximum atomic E-state index is 14.0. The van der Waals surface area contributed by atoms with E-state index < -0.39 is 38.2 Å². The van der Waals surface area contributed by atoms with Crippen LogP contribution in [0.25, 0.3) is 11.1 Å². The monoisotopic (exact) mass is 576 g/mol. The van der Waals surface area contributed by atoms with Crippen molar-refractivity contribution in [3.8, 4) is 23.1 Å². The Kier molecular flexibility index (Phi) is 8.66. The third-order valence-corrected chi connectivity index (χ3v) is 8.45. The number of rotatable bonds is 9. The summed E-state index contributed by atoms with van der Waals surface area (Å²) < 4.78 is 48.5. The molecule has 212 valence electrons. The van der Waals surface area contributed by atoms with Gasteiger partial charge in [-0.05, 0) is 74.2 Å². The summed E-state index contributed by atoms with van der Waals surface area (Å²) in [4.78, 5) is 19.7. The van der Waals surface area contributed by atoms with Crippen LogP contribution in [0.2, 0.25) is 0 Å². The first-order valence-corrected chi connectivity index (χ1v) is 14.4. The SMILES string of the molecule is CC[C@@H](c1cccc(C#N)c1)n1c(COC(C)C)nc(=O)c(S(=O)(=O)c2ccc(-c3ccnc(F)c3C)cc2)c1O. The summed E-state index contributed by atoms with van der Waals surface area (Å²) in [7, 11) is -4.55. The maximum Gasteiger partial charge on any atom is 0.296 e. The number of pyridine rings is 1. The number of halogens is 1. The molecule has 0 radical (unpaired) electrons. The zero-order valence-corrected chi connectivity index (χ0v) is 23.8. The Morgan fingerprint density at radius 3 is 2.49 bits per heavy atom. The first-order valence-electron chi connectivity index (χ1n) is 12.9. The van der Waals surface area contributed by atoms with Gasteiger partial charge in [0, 0.05) is 11.8 Å². The number of benzene rings is 2. The predicted octanol–water partition coefficient (Wildman–Crippen LogP) is 5.09. The molecule has 1 atom stereocenters. The molecule has 0 amide bonds. The molecule has 9 nitrogen and oxygen atoms in total. The molecule has 2 aromatic carbocycles. The minimum Gasteiger partial charge on any atom is -0.493 e. The van der Waals surface area contributed by atoms with Gasteiger partial charge in [-0.1, -0.05) is 31.2 Å². The molecular formula is C30H29FN4O5S. The van der Waals surface area contributed by atoms with E-state index in [0.29, 0.717) is 34.2 Å². The number of nitrogens with zero attached hydrogens (tertiary/aromatic N) is 4. The van der Waals surface area contributed by atoms with Gasteiger partial charge >= 0.3 is 0 Å². The van der Waals surface area contributed by atoms with Gasteiger partial charge in [0.15, 0.2) is 4.90 Å². The number of hydrogen-bond acceptors (Lipinski definition) is 8. The van der Waals surface area contributed by atoms with E-state index in [2.05, 4.69) is 16.0 Å². The summed E-state index contributed by atoms with van der Waals surface area (Å²) in [5.41, 5.74) is 1.26. The normalized spacial score (nSPS) is 12.3. The fraction of sp³-hybridized carbons (Fsp3) is 0.267. The van der Waals surface area contributed by atoms with Crippen molar-refractivity contribution in [1.82, 2.24) is 14.5 Å². The van der Waals surface area contributed by atoms with Gasteiger partial charge in [0.1, 0.15) is 12.4 Å². The number of aromatic hydroxyl groups is 1. The Morgan fingerprint density at radius 1 is 1.15 bits per heavy atom. The molecule has 2 heterocycles. The van der Waals surface area contributed by atoms with Crippen LogP contribution in [0.1, 0.15) is 55.7 Å². The molecule has 0 fully saturated rings. The third kappa shape index (κ3) is 5.89. The van der Waals surface area contributed by atoms with Crippen LogP contribution in [-0.4, -0.2) is 34.2 Å². The van der Waals surface area contributed by atoms with E-state index in [4.69, 9.17) is 4.74 Å². The molecule has 0 aliphatic rings. The van der Waals surface area contributed by atoms with E-state index in [0.717, 1.165) is 0 Å². The highest BCUT2D eigenvalue weighted by Crippen LogP contribution is 2.34. The van der Waals surface area contributed by atoms with Gasteiger partial charge in [-0.2, -0.15) is 14.6 Å². The number of ether oxygens (including phenoxy) is 1. The molecule has 0 spiro atoms. The lowest BCUT2D eigenvalue weighted by atomic mass is 10.0. The average Bonchev–Trinajstić information content (AvgIpc) is 2.95. The highest BCUT2D eigenvalue weighted by molar-refractivity contribution is 7.91. The standard InChI is InChI=1S/C30H29FN4O5S/c1-5-25(22-8-6-7-20(15-22)16-32)35-26(17-40-18(2)3)34-29(36)27(30(35)37)41(38,39)23-11-9-21(10-12-23)24-13-14-33-28(31)19(24)4/h6-15,18,25,37H,5,17H2,1-4H3/t25-/m0/s1. The summed E-state index contributed by atoms with van der Waals surface area (Å²) in [6.45, 7) is 6.81. The second-order valence-corrected chi connectivity index (χ2v) is 11.6. The van der Waals surface area contributed by atoms with Crippen molar-refractivity contribution in [3.63, 3.8) is 0 Å². The lowest BCUT2D eigenvalue weighted by molar-refractivity contribution is 0.0571. The lowest BCUT2D eigenvalue weighted by Crippen LogP contribution is -2.28. The summed E-state index contributed by atoms with van der Waals surface area (Å²) in [5.74, 6) is -1.37.